The van der Waals surface area contributed by atoms with Gasteiger partial charge in [0.15, 0.2) is 11.6 Å². The van der Waals surface area contributed by atoms with Crippen LogP contribution in [0.4, 0.5) is 5.69 Å². The predicted molar refractivity (Wildman–Crippen MR) is 96.2 cm³/mol. The molecule has 2 heterocycles. The minimum atomic E-state index is -0.00470. The number of anilines is 1. The molecule has 0 unspecified atom stereocenters. The summed E-state index contributed by atoms with van der Waals surface area (Å²) in [7, 11) is 1.97. The maximum Gasteiger partial charge on any atom is 0.251 e. The first-order valence-electron chi connectivity index (χ1n) is 8.31. The Kier molecular flexibility index (Phi) is 3.93. The highest BCUT2D eigenvalue weighted by atomic mass is 16.1. The Morgan fingerprint density at radius 3 is 2.80 bits per heavy atom. The number of fused-ring (bicyclic) bond motifs is 1. The molecular formula is C19H19N5O. The van der Waals surface area contributed by atoms with Gasteiger partial charge in [0, 0.05) is 30.4 Å². The molecule has 1 aromatic heterocycles. The second kappa shape index (κ2) is 6.39. The molecule has 0 fully saturated rings. The number of carbonyl (C=O) groups is 1. The Labute approximate surface area is 145 Å². The Balaban J connectivity index is 1.56. The van der Waals surface area contributed by atoms with E-state index in [0.717, 1.165) is 40.4 Å². The molecule has 25 heavy (non-hydrogen) atoms. The van der Waals surface area contributed by atoms with Crippen molar-refractivity contribution in [2.24, 2.45) is 7.05 Å². The van der Waals surface area contributed by atoms with Crippen LogP contribution in [0.2, 0.25) is 0 Å². The van der Waals surface area contributed by atoms with Gasteiger partial charge >= 0.3 is 0 Å². The molecule has 126 valence electrons. The second-order valence-electron chi connectivity index (χ2n) is 6.06. The summed E-state index contributed by atoms with van der Waals surface area (Å²) in [4.78, 5) is 12.0. The monoisotopic (exact) mass is 333 g/mol. The molecule has 1 aliphatic rings. The minimum absolute atomic E-state index is 0.00470. The van der Waals surface area contributed by atoms with E-state index < -0.39 is 0 Å². The average Bonchev–Trinajstić information content (AvgIpc) is 3.02. The lowest BCUT2D eigenvalue weighted by atomic mass is 9.98. The van der Waals surface area contributed by atoms with Crippen LogP contribution in [0.5, 0.6) is 0 Å². The lowest BCUT2D eigenvalue weighted by Crippen LogP contribution is -2.32. The molecule has 2 N–H and O–H groups in total. The lowest BCUT2D eigenvalue weighted by molar-refractivity contribution is 0.0946. The maximum atomic E-state index is 12.0. The van der Waals surface area contributed by atoms with Crippen LogP contribution in [0.1, 0.15) is 21.7 Å². The fraction of sp³-hybridized carbons (Fsp3) is 0.211. The van der Waals surface area contributed by atoms with E-state index in [1.165, 1.54) is 0 Å². The number of rotatable bonds is 4. The second-order valence-corrected chi connectivity index (χ2v) is 6.06. The van der Waals surface area contributed by atoms with Crippen molar-refractivity contribution in [2.45, 2.75) is 13.0 Å². The average molecular weight is 333 g/mol. The smallest absolute Gasteiger partial charge is 0.251 e. The number of benzene rings is 2. The number of amides is 1. The van der Waals surface area contributed by atoms with Crippen molar-refractivity contribution in [3.8, 4) is 11.4 Å². The van der Waals surface area contributed by atoms with E-state index in [9.17, 15) is 4.79 Å². The highest BCUT2D eigenvalue weighted by Gasteiger charge is 2.19. The number of aromatic nitrogens is 3. The third kappa shape index (κ3) is 2.87. The summed E-state index contributed by atoms with van der Waals surface area (Å²) < 4.78 is 1.99. The van der Waals surface area contributed by atoms with Gasteiger partial charge in [-0.3, -0.25) is 4.79 Å². The zero-order chi connectivity index (χ0) is 17.2. The third-order valence-electron chi connectivity index (χ3n) is 4.52. The fourth-order valence-electron chi connectivity index (χ4n) is 3.16. The molecule has 4 rings (SSSR count). The molecule has 2 aromatic carbocycles. The summed E-state index contributed by atoms with van der Waals surface area (Å²) in [5.74, 6) is 1.68. The van der Waals surface area contributed by atoms with E-state index >= 15 is 0 Å². The summed E-state index contributed by atoms with van der Waals surface area (Å²) in [6.45, 7) is 1.22. The van der Waals surface area contributed by atoms with Gasteiger partial charge in [-0.25, -0.2) is 0 Å². The van der Waals surface area contributed by atoms with Crippen molar-refractivity contribution in [2.75, 3.05) is 11.9 Å². The molecule has 0 spiro atoms. The molecular weight excluding hydrogens is 314 g/mol. The molecule has 0 bridgehead atoms. The summed E-state index contributed by atoms with van der Waals surface area (Å²) in [5, 5.41) is 14.9. The molecule has 0 saturated heterocycles. The highest BCUT2D eigenvalue weighted by molar-refractivity contribution is 5.98. The first-order chi connectivity index (χ1) is 12.2. The standard InChI is InChI=1S/C19H19N5O/c1-24-17(22-23-18(24)13-6-3-2-4-7-13)12-21-16-9-5-8-15-14(16)10-11-20-19(15)25/h2-9,21H,10-12H2,1H3,(H,20,25). The van der Waals surface area contributed by atoms with Gasteiger partial charge in [-0.2, -0.15) is 0 Å². The Morgan fingerprint density at radius 1 is 1.12 bits per heavy atom. The van der Waals surface area contributed by atoms with Gasteiger partial charge in [0.05, 0.1) is 6.54 Å². The normalized spacial score (nSPS) is 13.2. The van der Waals surface area contributed by atoms with E-state index in [1.807, 2.05) is 60.1 Å². The van der Waals surface area contributed by atoms with Crippen molar-refractivity contribution in [1.29, 1.82) is 0 Å². The zero-order valence-corrected chi connectivity index (χ0v) is 14.0. The van der Waals surface area contributed by atoms with Crippen molar-refractivity contribution in [1.82, 2.24) is 20.1 Å². The van der Waals surface area contributed by atoms with Crippen molar-refractivity contribution in [3.63, 3.8) is 0 Å². The van der Waals surface area contributed by atoms with Crippen molar-refractivity contribution < 1.29 is 4.79 Å². The molecule has 0 saturated carbocycles. The van der Waals surface area contributed by atoms with Gasteiger partial charge in [-0.1, -0.05) is 36.4 Å². The van der Waals surface area contributed by atoms with Crippen LogP contribution >= 0.6 is 0 Å². The zero-order valence-electron chi connectivity index (χ0n) is 14.0. The molecule has 0 atom stereocenters. The fourth-order valence-corrected chi connectivity index (χ4v) is 3.16. The molecule has 1 amide bonds. The number of nitrogens with one attached hydrogen (secondary N) is 2. The molecule has 6 nitrogen and oxygen atoms in total. The minimum Gasteiger partial charge on any atom is -0.377 e. The lowest BCUT2D eigenvalue weighted by Gasteiger charge is -2.20. The Hall–Kier alpha value is -3.15. The van der Waals surface area contributed by atoms with Gasteiger partial charge in [0.25, 0.3) is 5.91 Å². The molecule has 3 aromatic rings. The predicted octanol–water partition coefficient (Wildman–Crippen LogP) is 2.38. The summed E-state index contributed by atoms with van der Waals surface area (Å²) in [6.07, 6.45) is 0.832. The number of carbonyl (C=O) groups excluding carboxylic acids is 1. The Morgan fingerprint density at radius 2 is 1.96 bits per heavy atom. The molecule has 0 radical (unpaired) electrons. The molecule has 6 heteroatoms. The van der Waals surface area contributed by atoms with Crippen LogP contribution in [-0.4, -0.2) is 27.2 Å². The largest absolute Gasteiger partial charge is 0.377 e. The first-order valence-corrected chi connectivity index (χ1v) is 8.31. The SMILES string of the molecule is Cn1c(CNc2cccc3c2CCNC3=O)nnc1-c1ccccc1. The van der Waals surface area contributed by atoms with Crippen LogP contribution in [0.25, 0.3) is 11.4 Å². The summed E-state index contributed by atoms with van der Waals surface area (Å²) in [6, 6.07) is 15.8. The van der Waals surface area contributed by atoms with Crippen LogP contribution in [-0.2, 0) is 20.0 Å². The van der Waals surface area contributed by atoms with Gasteiger partial charge < -0.3 is 15.2 Å². The van der Waals surface area contributed by atoms with Crippen LogP contribution in [0, 0.1) is 0 Å². The van der Waals surface area contributed by atoms with Crippen molar-refractivity contribution >= 4 is 11.6 Å². The highest BCUT2D eigenvalue weighted by Crippen LogP contribution is 2.24. The topological polar surface area (TPSA) is 71.8 Å². The van der Waals surface area contributed by atoms with E-state index in [-0.39, 0.29) is 5.91 Å². The van der Waals surface area contributed by atoms with Gasteiger partial charge in [0.1, 0.15) is 0 Å². The Bertz CT molecular complexity index is 917. The van der Waals surface area contributed by atoms with Crippen molar-refractivity contribution in [3.05, 3.63) is 65.5 Å². The third-order valence-corrected chi connectivity index (χ3v) is 4.52. The van der Waals surface area contributed by atoms with E-state index in [0.29, 0.717) is 13.1 Å². The van der Waals surface area contributed by atoms with Crippen LogP contribution < -0.4 is 10.6 Å². The van der Waals surface area contributed by atoms with Crippen LogP contribution in [0.3, 0.4) is 0 Å². The maximum absolute atomic E-state index is 12.0. The van der Waals surface area contributed by atoms with Gasteiger partial charge in [-0.15, -0.1) is 10.2 Å². The molecule has 1 aliphatic heterocycles. The molecule has 0 aliphatic carbocycles. The number of hydrogen-bond donors (Lipinski definition) is 2. The van der Waals surface area contributed by atoms with Crippen LogP contribution in [0.15, 0.2) is 48.5 Å². The quantitative estimate of drug-likeness (QED) is 0.769. The first kappa shape index (κ1) is 15.4. The number of nitrogens with zero attached hydrogens (tertiary/aromatic N) is 3. The van der Waals surface area contributed by atoms with E-state index in [1.54, 1.807) is 0 Å². The van der Waals surface area contributed by atoms with Gasteiger partial charge in [-0.05, 0) is 24.1 Å². The van der Waals surface area contributed by atoms with E-state index in [2.05, 4.69) is 20.8 Å². The summed E-state index contributed by atoms with van der Waals surface area (Å²) in [5.41, 5.74) is 3.84. The van der Waals surface area contributed by atoms with E-state index in [4.69, 9.17) is 0 Å². The number of hydrogen-bond acceptors (Lipinski definition) is 4. The summed E-state index contributed by atoms with van der Waals surface area (Å²) >= 11 is 0. The van der Waals surface area contributed by atoms with Gasteiger partial charge in [0.2, 0.25) is 0 Å².